The molecule has 1 fully saturated rings. The van der Waals surface area contributed by atoms with Crippen molar-refractivity contribution in [2.75, 3.05) is 13.3 Å². The summed E-state index contributed by atoms with van der Waals surface area (Å²) in [6.45, 7) is 1.34. The topological polar surface area (TPSA) is 99.4 Å². The summed E-state index contributed by atoms with van der Waals surface area (Å²) in [5.74, 6) is 0. The van der Waals surface area contributed by atoms with E-state index in [1.165, 1.54) is 0 Å². The minimum atomic E-state index is -1.37. The Bertz CT molecular complexity index is 202. The summed E-state index contributed by atoms with van der Waals surface area (Å²) in [6, 6.07) is 0. The second-order valence-corrected chi connectivity index (χ2v) is 6.83. The Morgan fingerprint density at radius 3 is 2.33 bits per heavy atom. The van der Waals surface area contributed by atoms with Crippen molar-refractivity contribution in [2.45, 2.75) is 30.7 Å². The summed E-state index contributed by atoms with van der Waals surface area (Å²) >= 11 is 0. The van der Waals surface area contributed by atoms with Gasteiger partial charge in [-0.2, -0.15) is 0 Å². The molecular weight excluding hydrogens is 242 g/mol. The standard InChI is InChI=1S/C7H16O6P2/c1-15(14)13-7-6(11)5(10)4(9)3(2-8)12-7/h3-11H,2,14H2,1H3/t3?,4-,5-,6?,7-,15?/m0/s1. The van der Waals surface area contributed by atoms with Gasteiger partial charge in [0, 0.05) is 7.84 Å². The van der Waals surface area contributed by atoms with Crippen LogP contribution in [0.25, 0.3) is 0 Å². The molecule has 0 aromatic rings. The molecule has 0 aliphatic carbocycles. The van der Waals surface area contributed by atoms with Crippen molar-refractivity contribution in [1.29, 1.82) is 0 Å². The van der Waals surface area contributed by atoms with Crippen molar-refractivity contribution in [3.63, 3.8) is 0 Å². The average Bonchev–Trinajstić information content (AvgIpc) is 2.18. The molecular formula is C7H16O6P2. The Morgan fingerprint density at radius 1 is 1.27 bits per heavy atom. The molecule has 4 unspecified atom stereocenters. The van der Waals surface area contributed by atoms with Crippen molar-refractivity contribution >= 4 is 16.8 Å². The van der Waals surface area contributed by atoms with Crippen LogP contribution in [-0.4, -0.2) is 64.4 Å². The SMILES string of the molecule is CP(P)O[C@@H]1OC(CO)[C@H](O)[C@H](O)C1O. The first kappa shape index (κ1) is 13.7. The molecule has 1 rings (SSSR count). The molecule has 0 aromatic carbocycles. The van der Waals surface area contributed by atoms with Gasteiger partial charge < -0.3 is 29.7 Å². The highest BCUT2D eigenvalue weighted by atomic mass is 32.0. The molecule has 90 valence electrons. The summed E-state index contributed by atoms with van der Waals surface area (Å²) in [7, 11) is 1.56. The number of rotatable bonds is 3. The zero-order valence-corrected chi connectivity index (χ0v) is 10.3. The maximum Gasteiger partial charge on any atom is 0.190 e. The number of ether oxygens (including phenoxy) is 1. The zero-order chi connectivity index (χ0) is 11.6. The molecule has 1 saturated heterocycles. The highest BCUT2D eigenvalue weighted by molar-refractivity contribution is 8.10. The van der Waals surface area contributed by atoms with Crippen LogP contribution in [0.5, 0.6) is 0 Å². The lowest BCUT2D eigenvalue weighted by atomic mass is 10.00. The van der Waals surface area contributed by atoms with Gasteiger partial charge >= 0.3 is 0 Å². The fourth-order valence-corrected chi connectivity index (χ4v) is 2.18. The van der Waals surface area contributed by atoms with E-state index in [0.717, 1.165) is 0 Å². The Kier molecular flexibility index (Phi) is 5.29. The molecule has 4 N–H and O–H groups in total. The van der Waals surface area contributed by atoms with Gasteiger partial charge in [0.1, 0.15) is 24.4 Å². The van der Waals surface area contributed by atoms with Crippen LogP contribution in [0.1, 0.15) is 0 Å². The third-order valence-corrected chi connectivity index (χ3v) is 3.02. The predicted octanol–water partition coefficient (Wildman–Crippen LogP) is -1.38. The summed E-state index contributed by atoms with van der Waals surface area (Å²) < 4.78 is 10.3. The minimum absolute atomic E-state index is 0.441. The van der Waals surface area contributed by atoms with Crippen molar-refractivity contribution < 1.29 is 29.7 Å². The lowest BCUT2D eigenvalue weighted by molar-refractivity contribution is -0.275. The van der Waals surface area contributed by atoms with E-state index >= 15 is 0 Å². The van der Waals surface area contributed by atoms with Gasteiger partial charge in [-0.15, -0.1) is 0 Å². The monoisotopic (exact) mass is 258 g/mol. The molecule has 8 heteroatoms. The van der Waals surface area contributed by atoms with Crippen molar-refractivity contribution in [3.8, 4) is 0 Å². The van der Waals surface area contributed by atoms with Crippen LogP contribution in [0.4, 0.5) is 0 Å². The van der Waals surface area contributed by atoms with E-state index in [1.54, 1.807) is 6.66 Å². The molecule has 15 heavy (non-hydrogen) atoms. The molecule has 1 heterocycles. The van der Waals surface area contributed by atoms with Gasteiger partial charge in [0.25, 0.3) is 0 Å². The minimum Gasteiger partial charge on any atom is -0.394 e. The average molecular weight is 258 g/mol. The van der Waals surface area contributed by atoms with Crippen molar-refractivity contribution in [1.82, 2.24) is 0 Å². The van der Waals surface area contributed by atoms with Gasteiger partial charge in [-0.1, -0.05) is 8.93 Å². The predicted molar refractivity (Wildman–Crippen MR) is 57.4 cm³/mol. The van der Waals surface area contributed by atoms with E-state index in [1.807, 2.05) is 0 Å². The van der Waals surface area contributed by atoms with Gasteiger partial charge in [-0.05, 0) is 6.66 Å². The molecule has 7 atom stereocenters. The number of hydrogen-bond donors (Lipinski definition) is 4. The maximum absolute atomic E-state index is 9.53. The second kappa shape index (κ2) is 5.80. The van der Waals surface area contributed by atoms with Gasteiger partial charge in [-0.25, -0.2) is 0 Å². The maximum atomic E-state index is 9.53. The normalized spacial score (nSPS) is 44.0. The third kappa shape index (κ3) is 3.29. The second-order valence-electron chi connectivity index (χ2n) is 3.35. The van der Waals surface area contributed by atoms with Gasteiger partial charge in [-0.3, -0.25) is 0 Å². The van der Waals surface area contributed by atoms with E-state index in [2.05, 4.69) is 8.93 Å². The largest absolute Gasteiger partial charge is 0.394 e. The fourth-order valence-electron chi connectivity index (χ4n) is 1.32. The van der Waals surface area contributed by atoms with Crippen molar-refractivity contribution in [3.05, 3.63) is 0 Å². The summed E-state index contributed by atoms with van der Waals surface area (Å²) in [5, 5.41) is 37.3. The molecule has 0 amide bonds. The summed E-state index contributed by atoms with van der Waals surface area (Å²) in [6.07, 6.45) is -5.95. The Labute approximate surface area is 91.1 Å². The highest BCUT2D eigenvalue weighted by Crippen LogP contribution is 2.44. The van der Waals surface area contributed by atoms with Gasteiger partial charge in [0.05, 0.1) is 6.61 Å². The number of aliphatic hydroxyl groups excluding tert-OH is 4. The van der Waals surface area contributed by atoms with Crippen LogP contribution < -0.4 is 0 Å². The molecule has 1 aliphatic heterocycles. The molecule has 6 nitrogen and oxygen atoms in total. The Balaban J connectivity index is 2.65. The molecule has 0 aromatic heterocycles. The van der Waals surface area contributed by atoms with Gasteiger partial charge in [0.15, 0.2) is 6.29 Å². The van der Waals surface area contributed by atoms with E-state index in [9.17, 15) is 15.3 Å². The zero-order valence-electron chi connectivity index (χ0n) is 8.22. The Hall–Kier alpha value is 0.620. The number of hydrogen-bond acceptors (Lipinski definition) is 6. The Morgan fingerprint density at radius 2 is 1.87 bits per heavy atom. The first-order valence-corrected chi connectivity index (χ1v) is 7.75. The lowest BCUT2D eigenvalue weighted by Gasteiger charge is -2.40. The number of aliphatic hydroxyl groups is 4. The van der Waals surface area contributed by atoms with Crippen LogP contribution in [0.2, 0.25) is 0 Å². The van der Waals surface area contributed by atoms with E-state index in [4.69, 9.17) is 14.4 Å². The molecule has 0 spiro atoms. The van der Waals surface area contributed by atoms with Gasteiger partial charge in [0.2, 0.25) is 0 Å². The van der Waals surface area contributed by atoms with Crippen LogP contribution in [0.15, 0.2) is 0 Å². The molecule has 0 saturated carbocycles. The smallest absolute Gasteiger partial charge is 0.190 e. The molecule has 0 radical (unpaired) electrons. The van der Waals surface area contributed by atoms with Crippen LogP contribution >= 0.6 is 16.8 Å². The molecule has 1 aliphatic rings. The lowest BCUT2D eigenvalue weighted by Crippen LogP contribution is -2.58. The first-order valence-electron chi connectivity index (χ1n) is 4.43. The highest BCUT2D eigenvalue weighted by Gasteiger charge is 2.44. The van der Waals surface area contributed by atoms with Crippen LogP contribution in [-0.2, 0) is 9.26 Å². The van der Waals surface area contributed by atoms with Crippen LogP contribution in [0.3, 0.4) is 0 Å². The van der Waals surface area contributed by atoms with E-state index < -0.39 is 45.1 Å². The summed E-state index contributed by atoms with van der Waals surface area (Å²) in [4.78, 5) is 0. The third-order valence-electron chi connectivity index (χ3n) is 2.12. The van der Waals surface area contributed by atoms with E-state index in [0.29, 0.717) is 0 Å². The van der Waals surface area contributed by atoms with Crippen LogP contribution in [0, 0.1) is 0 Å². The quantitative estimate of drug-likeness (QED) is 0.466. The fraction of sp³-hybridized carbons (Fsp3) is 1.00. The molecule has 0 bridgehead atoms. The van der Waals surface area contributed by atoms with Crippen molar-refractivity contribution in [2.24, 2.45) is 0 Å². The summed E-state index contributed by atoms with van der Waals surface area (Å²) in [5.41, 5.74) is 0. The first-order chi connectivity index (χ1) is 6.97. The van der Waals surface area contributed by atoms with E-state index in [-0.39, 0.29) is 0 Å².